The van der Waals surface area contributed by atoms with E-state index in [1.54, 1.807) is 21.5 Å². The number of hydrogen-bond acceptors (Lipinski definition) is 0. The van der Waals surface area contributed by atoms with Crippen LogP contribution in [0.25, 0.3) is 0 Å². The minimum atomic E-state index is -3.25. The van der Waals surface area contributed by atoms with Crippen LogP contribution in [-0.4, -0.2) is 36.8 Å². The van der Waals surface area contributed by atoms with Crippen LogP contribution in [0.3, 0.4) is 0 Å². The summed E-state index contributed by atoms with van der Waals surface area (Å²) in [6.45, 7) is 0. The summed E-state index contributed by atoms with van der Waals surface area (Å²) in [5.74, 6) is 0. The molecule has 0 spiro atoms. The standard InChI is InChI=1S/6C6H5.2CH2.Hg.2Sn/c6*1-2-4-6-5-3-1;;;;;/h6*1-5H;2*1H2;;;. The molecular weight excluding hydrogens is 894 g/mol. The van der Waals surface area contributed by atoms with Crippen LogP contribution in [0, 0.1) is 0 Å². The molecule has 3 heteroatoms. The first-order valence-electron chi connectivity index (χ1n) is 14.7. The van der Waals surface area contributed by atoms with Crippen molar-refractivity contribution in [1.82, 2.24) is 0 Å². The molecule has 0 saturated heterocycles. The Morgan fingerprint density at radius 3 is 0.610 bits per heavy atom. The molecule has 6 rings (SSSR count). The summed E-state index contributed by atoms with van der Waals surface area (Å²) < 4.78 is 12.7. The monoisotopic (exact) mass is 932 g/mol. The predicted octanol–water partition coefficient (Wildman–Crippen LogP) is 5.32. The van der Waals surface area contributed by atoms with E-state index >= 15 is 0 Å². The second-order valence-corrected chi connectivity index (χ2v) is 62.8. The summed E-state index contributed by atoms with van der Waals surface area (Å²) in [7, 11) is 0. The molecule has 0 saturated carbocycles. The first-order chi connectivity index (χ1) is 20.3. The van der Waals surface area contributed by atoms with Crippen LogP contribution in [0.4, 0.5) is 0 Å². The van der Waals surface area contributed by atoms with Gasteiger partial charge in [0.15, 0.2) is 0 Å². The van der Waals surface area contributed by atoms with Crippen molar-refractivity contribution < 1.29 is 24.6 Å². The van der Waals surface area contributed by atoms with Crippen LogP contribution in [0.5, 0.6) is 0 Å². The van der Waals surface area contributed by atoms with Gasteiger partial charge in [-0.25, -0.2) is 0 Å². The predicted molar refractivity (Wildman–Crippen MR) is 178 cm³/mol. The maximum atomic E-state index is 2.45. The minimum absolute atomic E-state index is 1.47. The van der Waals surface area contributed by atoms with Gasteiger partial charge in [-0.15, -0.1) is 0 Å². The summed E-state index contributed by atoms with van der Waals surface area (Å²) in [5, 5.41) is 0. The Labute approximate surface area is 265 Å². The van der Waals surface area contributed by atoms with Crippen molar-refractivity contribution in [2.75, 3.05) is 0 Å². The molecule has 41 heavy (non-hydrogen) atoms. The fourth-order valence-electron chi connectivity index (χ4n) is 6.82. The van der Waals surface area contributed by atoms with Crippen molar-refractivity contribution in [3.05, 3.63) is 182 Å². The molecule has 0 aromatic heterocycles. The van der Waals surface area contributed by atoms with Gasteiger partial charge in [-0.3, -0.25) is 0 Å². The van der Waals surface area contributed by atoms with Gasteiger partial charge in [0, 0.05) is 0 Å². The van der Waals surface area contributed by atoms with Crippen molar-refractivity contribution in [2.45, 2.75) is 3.89 Å². The second-order valence-electron chi connectivity index (χ2n) is 10.9. The molecule has 6 aromatic rings. The molecule has 0 N–H and O–H groups in total. The molecule has 0 aliphatic rings. The quantitative estimate of drug-likeness (QED) is 0.164. The van der Waals surface area contributed by atoms with Gasteiger partial charge in [-0.05, 0) is 0 Å². The Morgan fingerprint density at radius 1 is 0.268 bits per heavy atom. The Kier molecular flexibility index (Phi) is 9.80. The molecule has 0 heterocycles. The SMILES string of the molecule is c1cc[c]([Sn]([CH2][Hg][CH2][Sn]([c]2ccccc2)([c]2ccccc2)[c]2ccccc2)([c]2ccccc2)[c]2ccccc2)cc1. The summed E-state index contributed by atoms with van der Waals surface area (Å²) in [4.78, 5) is 0. The van der Waals surface area contributed by atoms with Crippen molar-refractivity contribution in [3.8, 4) is 0 Å². The van der Waals surface area contributed by atoms with Gasteiger partial charge >= 0.3 is 269 Å². The maximum absolute atomic E-state index is 3.25. The van der Waals surface area contributed by atoms with E-state index in [4.69, 9.17) is 0 Å². The zero-order valence-corrected chi connectivity index (χ0v) is 34.6. The molecule has 0 amide bonds. The first kappa shape index (κ1) is 28.9. The summed E-state index contributed by atoms with van der Waals surface area (Å²) in [5.41, 5.74) is 0. The van der Waals surface area contributed by atoms with E-state index in [-0.39, 0.29) is 0 Å². The van der Waals surface area contributed by atoms with Crippen molar-refractivity contribution in [3.63, 3.8) is 0 Å². The molecule has 0 unspecified atom stereocenters. The third-order valence-corrected chi connectivity index (χ3v) is 95.1. The molecule has 0 fully saturated rings. The van der Waals surface area contributed by atoms with E-state index in [9.17, 15) is 0 Å². The average Bonchev–Trinajstić information content (AvgIpc) is 3.08. The van der Waals surface area contributed by atoms with E-state index in [1.807, 2.05) is 0 Å². The van der Waals surface area contributed by atoms with E-state index in [2.05, 4.69) is 182 Å². The number of rotatable bonds is 10. The molecular formula is C38H34HgSn2. The topological polar surface area (TPSA) is 0 Å². The van der Waals surface area contributed by atoms with Gasteiger partial charge in [0.05, 0.1) is 0 Å². The van der Waals surface area contributed by atoms with Crippen molar-refractivity contribution in [2.24, 2.45) is 0 Å². The Balaban J connectivity index is 1.50. The zero-order valence-electron chi connectivity index (χ0n) is 23.4. The van der Waals surface area contributed by atoms with Gasteiger partial charge in [-0.1, -0.05) is 0 Å². The Hall–Kier alpha value is -2.15. The third-order valence-electron chi connectivity index (χ3n) is 8.70. The van der Waals surface area contributed by atoms with Crippen LogP contribution in [-0.2, 0) is 24.6 Å². The summed E-state index contributed by atoms with van der Waals surface area (Å²) in [6.07, 6.45) is 0. The Bertz CT molecular complexity index is 1310. The number of hydrogen-bond donors (Lipinski definition) is 0. The third kappa shape index (κ3) is 6.03. The van der Waals surface area contributed by atoms with Crippen LogP contribution in [0.15, 0.2) is 182 Å². The van der Waals surface area contributed by atoms with Gasteiger partial charge < -0.3 is 0 Å². The van der Waals surface area contributed by atoms with E-state index in [0.717, 1.165) is 0 Å². The van der Waals surface area contributed by atoms with E-state index in [0.29, 0.717) is 0 Å². The second kappa shape index (κ2) is 13.9. The molecule has 0 nitrogen and oxygen atoms in total. The number of benzene rings is 6. The van der Waals surface area contributed by atoms with Crippen LogP contribution >= 0.6 is 0 Å². The van der Waals surface area contributed by atoms with Gasteiger partial charge in [-0.2, -0.15) is 0 Å². The van der Waals surface area contributed by atoms with Crippen molar-refractivity contribution >= 4 is 58.2 Å². The van der Waals surface area contributed by atoms with Crippen LogP contribution in [0.2, 0.25) is 3.89 Å². The van der Waals surface area contributed by atoms with E-state index < -0.39 is 61.3 Å². The van der Waals surface area contributed by atoms with Crippen LogP contribution < -0.4 is 21.5 Å². The molecule has 6 aromatic carbocycles. The molecule has 0 aliphatic carbocycles. The molecule has 196 valence electrons. The molecule has 0 bridgehead atoms. The zero-order chi connectivity index (χ0) is 27.8. The van der Waals surface area contributed by atoms with Gasteiger partial charge in [0.1, 0.15) is 0 Å². The normalized spacial score (nSPS) is 11.5. The van der Waals surface area contributed by atoms with Crippen molar-refractivity contribution in [1.29, 1.82) is 0 Å². The summed E-state index contributed by atoms with van der Waals surface area (Å²) in [6, 6.07) is 69.7. The molecule has 0 atom stereocenters. The molecule has 0 aliphatic heterocycles. The fourth-order valence-corrected chi connectivity index (χ4v) is 141. The van der Waals surface area contributed by atoms with Gasteiger partial charge in [0.2, 0.25) is 0 Å². The first-order valence-corrected chi connectivity index (χ1v) is 35.0. The average molecular weight is 929 g/mol. The molecule has 0 radical (unpaired) electrons. The Morgan fingerprint density at radius 2 is 0.439 bits per heavy atom. The summed E-state index contributed by atoms with van der Waals surface area (Å²) >= 11 is -7.98. The van der Waals surface area contributed by atoms with Gasteiger partial charge in [0.25, 0.3) is 0 Å². The van der Waals surface area contributed by atoms with E-state index in [1.165, 1.54) is 3.89 Å². The fraction of sp³-hybridized carbons (Fsp3) is 0.0526. The van der Waals surface area contributed by atoms with Crippen LogP contribution in [0.1, 0.15) is 0 Å².